The molecule has 4 aromatic rings. The zero-order chi connectivity index (χ0) is 24.2. The van der Waals surface area contributed by atoms with E-state index in [9.17, 15) is 19.8 Å². The summed E-state index contributed by atoms with van der Waals surface area (Å²) >= 11 is 6.15. The summed E-state index contributed by atoms with van der Waals surface area (Å²) in [4.78, 5) is 33.9. The van der Waals surface area contributed by atoms with Gasteiger partial charge in [-0.1, -0.05) is 41.9 Å². The molecule has 2 heterocycles. The van der Waals surface area contributed by atoms with Crippen molar-refractivity contribution in [1.29, 1.82) is 0 Å². The highest BCUT2D eigenvalue weighted by atomic mass is 35.5. The minimum atomic E-state index is -0.659. The number of imidazole rings is 1. The molecule has 0 aliphatic carbocycles. The van der Waals surface area contributed by atoms with E-state index in [1.807, 2.05) is 30.3 Å². The van der Waals surface area contributed by atoms with Crippen molar-refractivity contribution in [3.63, 3.8) is 0 Å². The summed E-state index contributed by atoms with van der Waals surface area (Å²) in [5.74, 6) is 0.526. The second-order valence-corrected chi connectivity index (χ2v) is 8.18. The highest BCUT2D eigenvalue weighted by Gasteiger charge is 2.22. The van der Waals surface area contributed by atoms with Gasteiger partial charge in [-0.3, -0.25) is 14.3 Å². The molecule has 2 aromatic heterocycles. The van der Waals surface area contributed by atoms with E-state index in [0.717, 1.165) is 11.1 Å². The Labute approximate surface area is 199 Å². The Kier molecular flexibility index (Phi) is 7.01. The minimum absolute atomic E-state index is 0.0149. The zero-order valence-electron chi connectivity index (χ0n) is 18.3. The van der Waals surface area contributed by atoms with Gasteiger partial charge in [0.15, 0.2) is 0 Å². The topological polar surface area (TPSA) is 142 Å². The number of aromatic nitrogens is 4. The number of anilines is 2. The van der Waals surface area contributed by atoms with E-state index in [4.69, 9.17) is 17.3 Å². The highest BCUT2D eigenvalue weighted by molar-refractivity contribution is 6.31. The van der Waals surface area contributed by atoms with Gasteiger partial charge in [-0.25, -0.2) is 9.78 Å². The van der Waals surface area contributed by atoms with Crippen molar-refractivity contribution >= 4 is 34.1 Å². The Morgan fingerprint density at radius 3 is 2.53 bits per heavy atom. The van der Waals surface area contributed by atoms with Gasteiger partial charge in [0.1, 0.15) is 17.3 Å². The van der Waals surface area contributed by atoms with E-state index in [2.05, 4.69) is 9.97 Å². The summed E-state index contributed by atoms with van der Waals surface area (Å²) in [5, 5.41) is 19.8. The number of aliphatic hydroxyl groups excluding tert-OH is 2. The van der Waals surface area contributed by atoms with Crippen molar-refractivity contribution in [3.8, 4) is 0 Å². The molecule has 34 heavy (non-hydrogen) atoms. The summed E-state index contributed by atoms with van der Waals surface area (Å²) < 4.78 is 3.09. The molecule has 10 nitrogen and oxygen atoms in total. The molecule has 2 aromatic carbocycles. The number of aromatic amines is 1. The van der Waals surface area contributed by atoms with Crippen LogP contribution in [0.2, 0.25) is 5.02 Å². The van der Waals surface area contributed by atoms with Crippen molar-refractivity contribution in [2.45, 2.75) is 19.6 Å². The zero-order valence-corrected chi connectivity index (χ0v) is 19.1. The lowest BCUT2D eigenvalue weighted by Gasteiger charge is -2.25. The molecule has 0 radical (unpaired) electrons. The Morgan fingerprint density at radius 1 is 1.06 bits per heavy atom. The van der Waals surface area contributed by atoms with Crippen molar-refractivity contribution in [2.75, 3.05) is 30.4 Å². The molecule has 4 rings (SSSR count). The monoisotopic (exact) mass is 484 g/mol. The van der Waals surface area contributed by atoms with Crippen LogP contribution in [0.4, 0.5) is 11.5 Å². The van der Waals surface area contributed by atoms with Crippen LogP contribution in [0.15, 0.2) is 58.1 Å². The second-order valence-electron chi connectivity index (χ2n) is 7.75. The number of fused-ring (bicyclic) bond motifs is 1. The average Bonchev–Trinajstić information content (AvgIpc) is 3.14. The third-order valence-electron chi connectivity index (χ3n) is 5.53. The first-order valence-corrected chi connectivity index (χ1v) is 11.1. The summed E-state index contributed by atoms with van der Waals surface area (Å²) in [6.45, 7) is 0.213. The number of nitrogens with two attached hydrogens (primary N) is 1. The first-order chi connectivity index (χ1) is 16.4. The third kappa shape index (κ3) is 4.69. The number of rotatable bonds is 9. The number of halogens is 1. The van der Waals surface area contributed by atoms with E-state index < -0.39 is 11.2 Å². The molecule has 178 valence electrons. The highest BCUT2D eigenvalue weighted by Crippen LogP contribution is 2.24. The minimum Gasteiger partial charge on any atom is -0.395 e. The molecule has 0 aliphatic rings. The van der Waals surface area contributed by atoms with Gasteiger partial charge in [0.25, 0.3) is 5.56 Å². The van der Waals surface area contributed by atoms with Crippen LogP contribution in [-0.2, 0) is 19.6 Å². The fourth-order valence-electron chi connectivity index (χ4n) is 3.98. The van der Waals surface area contributed by atoms with Gasteiger partial charge in [-0.15, -0.1) is 0 Å². The molecule has 11 heteroatoms. The molecule has 0 bridgehead atoms. The SMILES string of the molecule is Nc1c(N(CCO)Cc2nc3ccc(Cl)cc3n2CCO)c(=O)[nH]c(=O)n1Cc1ccccc1. The largest absolute Gasteiger partial charge is 0.395 e. The average molecular weight is 485 g/mol. The number of aliphatic hydroxyl groups is 2. The standard InChI is InChI=1S/C23H25ClN6O4/c24-16-6-7-17-18(12-16)29(9-11-32)19(26-17)14-28(8-10-31)20-21(25)30(23(34)27-22(20)33)13-15-4-2-1-3-5-15/h1-7,12,31-32H,8-11,13-14,25H2,(H,27,33,34). The van der Waals surface area contributed by atoms with Gasteiger partial charge < -0.3 is 25.4 Å². The molecule has 0 aliphatic heterocycles. The number of hydrogen-bond acceptors (Lipinski definition) is 7. The maximum Gasteiger partial charge on any atom is 0.330 e. The fraction of sp³-hybridized carbons (Fsp3) is 0.261. The maximum atomic E-state index is 12.8. The van der Waals surface area contributed by atoms with E-state index in [1.54, 1.807) is 27.7 Å². The van der Waals surface area contributed by atoms with Gasteiger partial charge in [-0.2, -0.15) is 0 Å². The molecule has 0 unspecified atom stereocenters. The Morgan fingerprint density at radius 2 is 1.82 bits per heavy atom. The van der Waals surface area contributed by atoms with Gasteiger partial charge in [0, 0.05) is 18.1 Å². The van der Waals surface area contributed by atoms with Crippen molar-refractivity contribution in [3.05, 3.63) is 85.8 Å². The van der Waals surface area contributed by atoms with Crippen LogP contribution < -0.4 is 21.9 Å². The van der Waals surface area contributed by atoms with Crippen LogP contribution in [0.3, 0.4) is 0 Å². The predicted octanol–water partition coefficient (Wildman–Crippen LogP) is 1.16. The van der Waals surface area contributed by atoms with Crippen LogP contribution in [0, 0.1) is 0 Å². The van der Waals surface area contributed by atoms with Crippen molar-refractivity contribution in [1.82, 2.24) is 19.1 Å². The van der Waals surface area contributed by atoms with Gasteiger partial charge >= 0.3 is 5.69 Å². The van der Waals surface area contributed by atoms with Gasteiger partial charge in [0.05, 0.1) is 37.3 Å². The van der Waals surface area contributed by atoms with Crippen LogP contribution in [0.5, 0.6) is 0 Å². The first kappa shape index (κ1) is 23.6. The Hall–Kier alpha value is -3.60. The smallest absolute Gasteiger partial charge is 0.330 e. The lowest BCUT2D eigenvalue weighted by atomic mass is 10.2. The summed E-state index contributed by atoms with van der Waals surface area (Å²) in [6, 6.07) is 14.5. The number of benzene rings is 2. The fourth-order valence-corrected chi connectivity index (χ4v) is 4.15. The lowest BCUT2D eigenvalue weighted by molar-refractivity contribution is 0.275. The summed E-state index contributed by atoms with van der Waals surface area (Å²) in [7, 11) is 0. The molecule has 0 saturated carbocycles. The number of H-pyrrole nitrogens is 1. The summed E-state index contributed by atoms with van der Waals surface area (Å²) in [6.07, 6.45) is 0. The molecule has 0 saturated heterocycles. The van der Waals surface area contributed by atoms with Crippen LogP contribution in [0.25, 0.3) is 11.0 Å². The van der Waals surface area contributed by atoms with E-state index in [0.29, 0.717) is 16.4 Å². The van der Waals surface area contributed by atoms with E-state index in [1.165, 1.54) is 4.57 Å². The number of hydrogen-bond donors (Lipinski definition) is 4. The van der Waals surface area contributed by atoms with E-state index in [-0.39, 0.29) is 50.9 Å². The number of nitrogens with zero attached hydrogens (tertiary/aromatic N) is 4. The molecule has 5 N–H and O–H groups in total. The quantitative estimate of drug-likeness (QED) is 0.279. The Bertz CT molecular complexity index is 1410. The molecule has 0 fully saturated rings. The molecule has 0 atom stereocenters. The van der Waals surface area contributed by atoms with E-state index >= 15 is 0 Å². The number of nitrogen functional groups attached to an aromatic ring is 1. The summed E-state index contributed by atoms with van der Waals surface area (Å²) in [5.41, 5.74) is 7.37. The van der Waals surface area contributed by atoms with Crippen LogP contribution >= 0.6 is 11.6 Å². The van der Waals surface area contributed by atoms with Gasteiger partial charge in [-0.05, 0) is 23.8 Å². The van der Waals surface area contributed by atoms with Crippen molar-refractivity contribution < 1.29 is 10.2 Å². The second kappa shape index (κ2) is 10.1. The molecule has 0 amide bonds. The Balaban J connectivity index is 1.79. The third-order valence-corrected chi connectivity index (χ3v) is 5.76. The normalized spacial score (nSPS) is 11.3. The molecular formula is C23H25ClN6O4. The predicted molar refractivity (Wildman–Crippen MR) is 131 cm³/mol. The van der Waals surface area contributed by atoms with Crippen LogP contribution in [-0.4, -0.2) is 49.1 Å². The van der Waals surface area contributed by atoms with Crippen molar-refractivity contribution in [2.24, 2.45) is 0 Å². The van der Waals surface area contributed by atoms with Gasteiger partial charge in [0.2, 0.25) is 0 Å². The lowest BCUT2D eigenvalue weighted by Crippen LogP contribution is -2.39. The van der Waals surface area contributed by atoms with Crippen LogP contribution in [0.1, 0.15) is 11.4 Å². The molecule has 0 spiro atoms. The first-order valence-electron chi connectivity index (χ1n) is 10.7. The maximum absolute atomic E-state index is 12.8. The number of nitrogens with one attached hydrogen (secondary N) is 1. The molecular weight excluding hydrogens is 460 g/mol.